The van der Waals surface area contributed by atoms with Crippen molar-refractivity contribution in [2.24, 2.45) is 0 Å². The molecule has 2 N–H and O–H groups in total. The molecule has 0 amide bonds. The van der Waals surface area contributed by atoms with Gasteiger partial charge in [-0.15, -0.1) is 0 Å². The Kier molecular flexibility index (Phi) is 7.27. The molecule has 0 aliphatic carbocycles. The second kappa shape index (κ2) is 7.99. The molecule has 0 saturated heterocycles. The lowest BCUT2D eigenvalue weighted by Gasteiger charge is -2.04. The zero-order chi connectivity index (χ0) is 11.7. The lowest BCUT2D eigenvalue weighted by Crippen LogP contribution is -2.11. The van der Waals surface area contributed by atoms with Gasteiger partial charge in [0.15, 0.2) is 0 Å². The van der Waals surface area contributed by atoms with Crippen LogP contribution in [-0.2, 0) is 14.3 Å². The van der Waals surface area contributed by atoms with E-state index in [1.807, 2.05) is 0 Å². The van der Waals surface area contributed by atoms with Gasteiger partial charge in [-0.05, 0) is 19.3 Å². The van der Waals surface area contributed by atoms with Crippen molar-refractivity contribution >= 4 is 11.9 Å². The summed E-state index contributed by atoms with van der Waals surface area (Å²) in [6, 6.07) is 0. The maximum absolute atomic E-state index is 11.1. The highest BCUT2D eigenvalue weighted by Crippen LogP contribution is 2.02. The summed E-state index contributed by atoms with van der Waals surface area (Å²) in [5.74, 6) is -1.77. The number of esters is 1. The quantitative estimate of drug-likeness (QED) is 0.355. The Bertz CT molecular complexity index is 234. The van der Waals surface area contributed by atoms with Crippen LogP contribution >= 0.6 is 0 Å². The number of aliphatic carboxylic acids is 1. The van der Waals surface area contributed by atoms with E-state index in [-0.39, 0.29) is 18.8 Å². The molecule has 0 atom stereocenters. The van der Waals surface area contributed by atoms with E-state index in [9.17, 15) is 9.59 Å². The van der Waals surface area contributed by atoms with E-state index in [1.165, 1.54) is 0 Å². The molecule has 0 unspecified atom stereocenters. The van der Waals surface area contributed by atoms with Crippen LogP contribution in [0, 0.1) is 0 Å². The Hall–Kier alpha value is -1.36. The van der Waals surface area contributed by atoms with Crippen LogP contribution in [0.2, 0.25) is 0 Å². The first-order valence-corrected chi connectivity index (χ1v) is 4.75. The molecule has 0 bridgehead atoms. The largest absolute Gasteiger partial charge is 0.481 e. The predicted octanol–water partition coefficient (Wildman–Crippen LogP) is 0.723. The Labute approximate surface area is 88.4 Å². The first-order chi connectivity index (χ1) is 7.07. The van der Waals surface area contributed by atoms with Gasteiger partial charge in [-0.25, -0.2) is 4.79 Å². The Morgan fingerprint density at radius 2 is 1.87 bits per heavy atom. The summed E-state index contributed by atoms with van der Waals surface area (Å²) in [6.45, 7) is 3.67. The third-order valence-corrected chi connectivity index (χ3v) is 1.69. The fourth-order valence-electron chi connectivity index (χ4n) is 0.912. The van der Waals surface area contributed by atoms with Crippen LogP contribution in [0.1, 0.15) is 25.7 Å². The number of rotatable bonds is 8. The van der Waals surface area contributed by atoms with E-state index in [0.717, 1.165) is 6.42 Å². The fraction of sp³-hybridized carbons (Fsp3) is 0.600. The van der Waals surface area contributed by atoms with Crippen molar-refractivity contribution in [3.63, 3.8) is 0 Å². The van der Waals surface area contributed by atoms with Gasteiger partial charge in [0.05, 0.1) is 13.0 Å². The molecule has 5 heteroatoms. The number of aliphatic hydroxyl groups is 1. The van der Waals surface area contributed by atoms with Gasteiger partial charge in [0.25, 0.3) is 0 Å². The van der Waals surface area contributed by atoms with Gasteiger partial charge in [-0.1, -0.05) is 6.58 Å². The summed E-state index contributed by atoms with van der Waals surface area (Å²) < 4.78 is 4.77. The number of hydrogen-bond donors (Lipinski definition) is 2. The molecule has 0 aromatic heterocycles. The zero-order valence-corrected chi connectivity index (χ0v) is 8.57. The molecule has 0 rings (SSSR count). The molecular weight excluding hydrogens is 200 g/mol. The minimum Gasteiger partial charge on any atom is -0.481 e. The fourth-order valence-corrected chi connectivity index (χ4v) is 0.912. The molecule has 0 heterocycles. The van der Waals surface area contributed by atoms with Crippen LogP contribution in [0.4, 0.5) is 0 Å². The van der Waals surface area contributed by atoms with Crippen molar-refractivity contribution in [1.82, 2.24) is 0 Å². The number of carboxylic acid groups (broad SMARTS) is 1. The molecule has 0 fully saturated rings. The van der Waals surface area contributed by atoms with Crippen LogP contribution < -0.4 is 0 Å². The van der Waals surface area contributed by atoms with E-state index in [2.05, 4.69) is 6.58 Å². The number of unbranched alkanes of at least 4 members (excludes halogenated alkanes) is 2. The van der Waals surface area contributed by atoms with Crippen molar-refractivity contribution in [3.05, 3.63) is 12.2 Å². The Balaban J connectivity index is 3.56. The van der Waals surface area contributed by atoms with Gasteiger partial charge in [-0.3, -0.25) is 4.79 Å². The smallest absolute Gasteiger partial charge is 0.333 e. The minimum atomic E-state index is -1.10. The summed E-state index contributed by atoms with van der Waals surface area (Å²) in [4.78, 5) is 21.3. The van der Waals surface area contributed by atoms with Gasteiger partial charge >= 0.3 is 11.9 Å². The Morgan fingerprint density at radius 3 is 2.40 bits per heavy atom. The van der Waals surface area contributed by atoms with Crippen LogP contribution in [0.15, 0.2) is 12.2 Å². The van der Waals surface area contributed by atoms with Gasteiger partial charge in [0, 0.05) is 12.2 Å². The molecule has 0 aromatic rings. The highest BCUT2D eigenvalue weighted by Gasteiger charge is 2.11. The summed E-state index contributed by atoms with van der Waals surface area (Å²) in [5.41, 5.74) is -0.0512. The van der Waals surface area contributed by atoms with Gasteiger partial charge in [-0.2, -0.15) is 0 Å². The molecule has 0 aliphatic rings. The van der Waals surface area contributed by atoms with E-state index in [0.29, 0.717) is 12.8 Å². The monoisotopic (exact) mass is 216 g/mol. The molecule has 0 radical (unpaired) electrons. The molecule has 0 saturated carbocycles. The van der Waals surface area contributed by atoms with Gasteiger partial charge in [0.1, 0.15) is 0 Å². The van der Waals surface area contributed by atoms with Crippen molar-refractivity contribution in [2.45, 2.75) is 25.7 Å². The average molecular weight is 216 g/mol. The molecular formula is C10H16O5. The molecule has 0 spiro atoms. The van der Waals surface area contributed by atoms with Gasteiger partial charge < -0.3 is 14.9 Å². The van der Waals surface area contributed by atoms with Gasteiger partial charge in [0.2, 0.25) is 0 Å². The molecule has 15 heavy (non-hydrogen) atoms. The summed E-state index contributed by atoms with van der Waals surface area (Å²) in [5, 5.41) is 16.9. The lowest BCUT2D eigenvalue weighted by atomic mass is 10.2. The predicted molar refractivity (Wildman–Crippen MR) is 53.3 cm³/mol. The number of ether oxygens (including phenoxy) is 1. The summed E-state index contributed by atoms with van der Waals surface area (Å²) in [6.07, 6.45) is 1.71. The summed E-state index contributed by atoms with van der Waals surface area (Å²) >= 11 is 0. The number of carboxylic acids is 1. The maximum Gasteiger partial charge on any atom is 0.333 e. The van der Waals surface area contributed by atoms with E-state index in [1.54, 1.807) is 0 Å². The number of aliphatic hydroxyl groups excluding tert-OH is 1. The zero-order valence-electron chi connectivity index (χ0n) is 8.57. The van der Waals surface area contributed by atoms with Crippen molar-refractivity contribution in [3.8, 4) is 0 Å². The molecule has 0 aliphatic heterocycles. The average Bonchev–Trinajstić information content (AvgIpc) is 2.16. The van der Waals surface area contributed by atoms with Crippen LogP contribution in [0.25, 0.3) is 0 Å². The minimum absolute atomic E-state index is 0.0512. The number of carbonyl (C=O) groups excluding carboxylic acids is 1. The van der Waals surface area contributed by atoms with E-state index in [4.69, 9.17) is 14.9 Å². The first-order valence-electron chi connectivity index (χ1n) is 4.75. The normalized spacial score (nSPS) is 9.67. The van der Waals surface area contributed by atoms with Crippen molar-refractivity contribution in [2.75, 3.05) is 13.2 Å². The second-order valence-corrected chi connectivity index (χ2v) is 3.09. The van der Waals surface area contributed by atoms with Crippen LogP contribution in [0.5, 0.6) is 0 Å². The van der Waals surface area contributed by atoms with Crippen LogP contribution in [0.3, 0.4) is 0 Å². The van der Waals surface area contributed by atoms with Crippen molar-refractivity contribution < 1.29 is 24.5 Å². The van der Waals surface area contributed by atoms with E-state index >= 15 is 0 Å². The molecule has 86 valence electrons. The highest BCUT2D eigenvalue weighted by atomic mass is 16.5. The number of carbonyl (C=O) groups is 2. The maximum atomic E-state index is 11.1. The van der Waals surface area contributed by atoms with E-state index < -0.39 is 18.4 Å². The number of hydrogen-bond acceptors (Lipinski definition) is 4. The topological polar surface area (TPSA) is 83.8 Å². The molecule has 0 aromatic carbocycles. The SMILES string of the molecule is C=C(CC(=O)O)C(=O)OCCCCCO. The summed E-state index contributed by atoms with van der Waals surface area (Å²) in [7, 11) is 0. The third-order valence-electron chi connectivity index (χ3n) is 1.69. The van der Waals surface area contributed by atoms with Crippen LogP contribution in [-0.4, -0.2) is 35.4 Å². The van der Waals surface area contributed by atoms with Crippen molar-refractivity contribution in [1.29, 1.82) is 0 Å². The first kappa shape index (κ1) is 13.6. The Morgan fingerprint density at radius 1 is 1.20 bits per heavy atom. The third kappa shape index (κ3) is 7.69. The highest BCUT2D eigenvalue weighted by molar-refractivity contribution is 5.92. The molecule has 5 nitrogen and oxygen atoms in total. The lowest BCUT2D eigenvalue weighted by molar-refractivity contribution is -0.142. The second-order valence-electron chi connectivity index (χ2n) is 3.09. The standard InChI is InChI=1S/C10H16O5/c1-8(7-9(12)13)10(14)15-6-4-2-3-5-11/h11H,1-7H2,(H,12,13).